The van der Waals surface area contributed by atoms with Gasteiger partial charge in [-0.3, -0.25) is 4.79 Å². The zero-order valence-electron chi connectivity index (χ0n) is 15.0. The van der Waals surface area contributed by atoms with Gasteiger partial charge in [0.25, 0.3) is 0 Å². The summed E-state index contributed by atoms with van der Waals surface area (Å²) in [5, 5.41) is 3.87. The highest BCUT2D eigenvalue weighted by molar-refractivity contribution is 7.89. The van der Waals surface area contributed by atoms with Gasteiger partial charge in [-0.15, -0.1) is 0 Å². The molecule has 1 amide bonds. The summed E-state index contributed by atoms with van der Waals surface area (Å²) in [4.78, 5) is 12.2. The van der Waals surface area contributed by atoms with Gasteiger partial charge in [0.2, 0.25) is 15.9 Å². The number of halogens is 2. The lowest BCUT2D eigenvalue weighted by atomic mass is 10.1. The Hall–Kier alpha value is -1.60. The zero-order chi connectivity index (χ0) is 19.9. The Labute approximate surface area is 170 Å². The Morgan fingerprint density at radius 3 is 2.41 bits per heavy atom. The molecule has 0 aliphatic heterocycles. The zero-order valence-corrected chi connectivity index (χ0v) is 17.3. The SMILES string of the molecule is CCCNS(=O)(=O)c1ccc(CCC(=O)NCc2ccc(Cl)cc2Cl)cc1. The maximum Gasteiger partial charge on any atom is 0.240 e. The highest BCUT2D eigenvalue weighted by Crippen LogP contribution is 2.20. The van der Waals surface area contributed by atoms with E-state index in [9.17, 15) is 13.2 Å². The van der Waals surface area contributed by atoms with Crippen LogP contribution in [0.1, 0.15) is 30.9 Å². The van der Waals surface area contributed by atoms with Gasteiger partial charge in [0.15, 0.2) is 0 Å². The number of hydrogen-bond donors (Lipinski definition) is 2. The fourth-order valence-electron chi connectivity index (χ4n) is 2.36. The van der Waals surface area contributed by atoms with Gasteiger partial charge in [0.1, 0.15) is 0 Å². The molecule has 2 aromatic rings. The minimum Gasteiger partial charge on any atom is -0.352 e. The highest BCUT2D eigenvalue weighted by Gasteiger charge is 2.12. The van der Waals surface area contributed by atoms with E-state index in [4.69, 9.17) is 23.2 Å². The van der Waals surface area contributed by atoms with Crippen molar-refractivity contribution in [3.05, 3.63) is 63.6 Å². The summed E-state index contributed by atoms with van der Waals surface area (Å²) in [7, 11) is -3.47. The summed E-state index contributed by atoms with van der Waals surface area (Å²) >= 11 is 11.9. The topological polar surface area (TPSA) is 75.3 Å². The van der Waals surface area contributed by atoms with E-state index in [2.05, 4.69) is 10.0 Å². The van der Waals surface area contributed by atoms with Gasteiger partial charge in [0, 0.05) is 29.6 Å². The van der Waals surface area contributed by atoms with Crippen LogP contribution in [-0.4, -0.2) is 20.9 Å². The van der Waals surface area contributed by atoms with E-state index < -0.39 is 10.0 Å². The number of carbonyl (C=O) groups is 1. The smallest absolute Gasteiger partial charge is 0.240 e. The first-order chi connectivity index (χ1) is 12.8. The molecule has 0 spiro atoms. The molecule has 0 bridgehead atoms. The van der Waals surface area contributed by atoms with E-state index in [1.165, 1.54) is 0 Å². The molecule has 0 aliphatic rings. The van der Waals surface area contributed by atoms with E-state index in [-0.39, 0.29) is 10.8 Å². The number of aryl methyl sites for hydroxylation is 1. The van der Waals surface area contributed by atoms with Crippen LogP contribution < -0.4 is 10.0 Å². The molecule has 8 heteroatoms. The molecule has 0 saturated heterocycles. The summed E-state index contributed by atoms with van der Waals surface area (Å²) in [5.74, 6) is -0.109. The molecule has 2 rings (SSSR count). The number of sulfonamides is 1. The minimum atomic E-state index is -3.47. The summed E-state index contributed by atoms with van der Waals surface area (Å²) in [6, 6.07) is 11.7. The molecule has 0 fully saturated rings. The molecular formula is C19H22Cl2N2O3S. The lowest BCUT2D eigenvalue weighted by Gasteiger charge is -2.08. The van der Waals surface area contributed by atoms with Crippen molar-refractivity contribution in [2.24, 2.45) is 0 Å². The lowest BCUT2D eigenvalue weighted by molar-refractivity contribution is -0.121. The summed E-state index contributed by atoms with van der Waals surface area (Å²) < 4.78 is 26.6. The fraction of sp³-hybridized carbons (Fsp3) is 0.316. The van der Waals surface area contributed by atoms with Crippen LogP contribution in [-0.2, 0) is 27.8 Å². The first kappa shape index (κ1) is 21.7. The molecule has 0 heterocycles. The van der Waals surface area contributed by atoms with Crippen molar-refractivity contribution in [3.8, 4) is 0 Å². The Morgan fingerprint density at radius 2 is 1.78 bits per heavy atom. The number of rotatable bonds is 9. The normalized spacial score (nSPS) is 11.4. The van der Waals surface area contributed by atoms with E-state index in [0.29, 0.717) is 36.0 Å². The van der Waals surface area contributed by atoms with E-state index in [1.807, 2.05) is 6.92 Å². The summed E-state index contributed by atoms with van der Waals surface area (Å²) in [5.41, 5.74) is 1.69. The van der Waals surface area contributed by atoms with Crippen LogP contribution in [0.5, 0.6) is 0 Å². The molecule has 0 aromatic heterocycles. The molecule has 2 aromatic carbocycles. The number of amides is 1. The average Bonchev–Trinajstić information content (AvgIpc) is 2.64. The number of nitrogens with one attached hydrogen (secondary N) is 2. The maximum absolute atomic E-state index is 12.0. The van der Waals surface area contributed by atoms with E-state index in [1.54, 1.807) is 42.5 Å². The molecule has 27 heavy (non-hydrogen) atoms. The third-order valence-corrected chi connectivity index (χ3v) is 5.97. The van der Waals surface area contributed by atoms with Gasteiger partial charge in [0.05, 0.1) is 4.90 Å². The lowest BCUT2D eigenvalue weighted by Crippen LogP contribution is -2.24. The third-order valence-electron chi connectivity index (χ3n) is 3.91. The molecule has 0 atom stereocenters. The molecule has 0 unspecified atom stereocenters. The minimum absolute atomic E-state index is 0.109. The van der Waals surface area contributed by atoms with Crippen molar-refractivity contribution >= 4 is 39.1 Å². The number of hydrogen-bond acceptors (Lipinski definition) is 3. The van der Waals surface area contributed by atoms with E-state index >= 15 is 0 Å². The van der Waals surface area contributed by atoms with Crippen LogP contribution in [0.15, 0.2) is 47.4 Å². The average molecular weight is 429 g/mol. The van der Waals surface area contributed by atoms with Crippen molar-refractivity contribution in [1.29, 1.82) is 0 Å². The number of benzene rings is 2. The second-order valence-corrected chi connectivity index (χ2v) is 8.66. The molecule has 146 valence electrons. The summed E-state index contributed by atoms with van der Waals surface area (Å²) in [6.45, 7) is 2.63. The van der Waals surface area contributed by atoms with Crippen LogP contribution in [0.25, 0.3) is 0 Å². The van der Waals surface area contributed by atoms with Crippen molar-refractivity contribution in [3.63, 3.8) is 0 Å². The first-order valence-corrected chi connectivity index (χ1v) is 10.8. The Kier molecular flexibility index (Phi) is 8.10. The number of carbonyl (C=O) groups excluding carboxylic acids is 1. The largest absolute Gasteiger partial charge is 0.352 e. The summed E-state index contributed by atoms with van der Waals surface area (Å²) in [6.07, 6.45) is 1.54. The Morgan fingerprint density at radius 1 is 1.07 bits per heavy atom. The standard InChI is InChI=1S/C19H22Cl2N2O3S/c1-2-11-23-27(25,26)17-8-3-14(4-9-17)5-10-19(24)22-13-15-6-7-16(20)12-18(15)21/h3-4,6-9,12,23H,2,5,10-11,13H2,1H3,(H,22,24). The fourth-order valence-corrected chi connectivity index (χ4v) is 3.97. The molecule has 0 radical (unpaired) electrons. The molecular weight excluding hydrogens is 407 g/mol. The second-order valence-electron chi connectivity index (χ2n) is 6.05. The monoisotopic (exact) mass is 428 g/mol. The quantitative estimate of drug-likeness (QED) is 0.634. The maximum atomic E-state index is 12.0. The van der Waals surface area contributed by atoms with Crippen LogP contribution in [0.4, 0.5) is 0 Å². The Balaban J connectivity index is 1.84. The van der Waals surface area contributed by atoms with E-state index in [0.717, 1.165) is 17.5 Å². The van der Waals surface area contributed by atoms with Crippen molar-refractivity contribution in [1.82, 2.24) is 10.0 Å². The highest BCUT2D eigenvalue weighted by atomic mass is 35.5. The van der Waals surface area contributed by atoms with Crippen LogP contribution in [0.2, 0.25) is 10.0 Å². The van der Waals surface area contributed by atoms with Crippen LogP contribution in [0, 0.1) is 0 Å². The third kappa shape index (κ3) is 6.81. The van der Waals surface area contributed by atoms with Crippen molar-refractivity contribution in [2.45, 2.75) is 37.6 Å². The predicted octanol–water partition coefficient (Wildman–Crippen LogP) is 3.93. The molecule has 2 N–H and O–H groups in total. The Bertz CT molecular complexity index is 884. The molecule has 0 aliphatic carbocycles. The van der Waals surface area contributed by atoms with Gasteiger partial charge in [-0.2, -0.15) is 0 Å². The second kappa shape index (κ2) is 10.1. The first-order valence-electron chi connectivity index (χ1n) is 8.61. The van der Waals surface area contributed by atoms with Gasteiger partial charge < -0.3 is 5.32 Å². The molecule has 0 saturated carbocycles. The van der Waals surface area contributed by atoms with Crippen molar-refractivity contribution in [2.75, 3.05) is 6.54 Å². The van der Waals surface area contributed by atoms with Crippen LogP contribution in [0.3, 0.4) is 0 Å². The van der Waals surface area contributed by atoms with Gasteiger partial charge in [-0.1, -0.05) is 48.3 Å². The van der Waals surface area contributed by atoms with Gasteiger partial charge in [-0.05, 0) is 48.2 Å². The van der Waals surface area contributed by atoms with Crippen molar-refractivity contribution < 1.29 is 13.2 Å². The molecule has 5 nitrogen and oxygen atoms in total. The van der Waals surface area contributed by atoms with Gasteiger partial charge in [-0.25, -0.2) is 13.1 Å². The predicted molar refractivity (Wildman–Crippen MR) is 109 cm³/mol. The van der Waals surface area contributed by atoms with Gasteiger partial charge >= 0.3 is 0 Å². The van der Waals surface area contributed by atoms with Crippen LogP contribution >= 0.6 is 23.2 Å².